The van der Waals surface area contributed by atoms with Crippen molar-refractivity contribution in [3.63, 3.8) is 0 Å². The van der Waals surface area contributed by atoms with Gasteiger partial charge in [-0.25, -0.2) is 0 Å². The van der Waals surface area contributed by atoms with Gasteiger partial charge in [-0.15, -0.1) is 0 Å². The quantitative estimate of drug-likeness (QED) is 0.609. The second-order valence-corrected chi connectivity index (χ2v) is 8.51. The number of rotatable bonds is 3. The third-order valence-corrected chi connectivity index (χ3v) is 6.13. The van der Waals surface area contributed by atoms with Crippen molar-refractivity contribution in [1.82, 2.24) is 0 Å². The summed E-state index contributed by atoms with van der Waals surface area (Å²) in [7, 11) is 1.83. The maximum Gasteiger partial charge on any atom is -0.0623 e. The predicted molar refractivity (Wildman–Crippen MR) is 68.6 cm³/mol. The van der Waals surface area contributed by atoms with Crippen LogP contribution in [0.3, 0.4) is 0 Å². The van der Waals surface area contributed by atoms with Crippen molar-refractivity contribution in [3.05, 3.63) is 36.4 Å². The van der Waals surface area contributed by atoms with Crippen LogP contribution < -0.4 is 0 Å². The number of hydrogen-bond acceptors (Lipinski definition) is 1. The average Bonchev–Trinajstić information content (AvgIpc) is 2.24. The fourth-order valence-corrected chi connectivity index (χ4v) is 3.12. The Morgan fingerprint density at radius 2 is 1.15 bits per heavy atom. The minimum Gasteiger partial charge on any atom is -0.0623 e. The molecule has 0 bridgehead atoms. The largest absolute Gasteiger partial charge is 0.0623 e. The monoisotopic (exact) mass is 294 g/mol. The molecule has 0 aromatic heterocycles. The molecule has 13 heavy (non-hydrogen) atoms. The van der Waals surface area contributed by atoms with Gasteiger partial charge in [0.2, 0.25) is 0 Å². The molecule has 0 spiro atoms. The summed E-state index contributed by atoms with van der Waals surface area (Å²) in [4.78, 5) is 0. The molecule has 0 atom stereocenters. The maximum absolute atomic E-state index is 5.21. The molecule has 0 aliphatic heterocycles. The van der Waals surface area contributed by atoms with Crippen LogP contribution in [0.2, 0.25) is 0 Å². The standard InChI is InChI=1S/C6H6.C5H13IO/c1-2-4-6-5-3-1;1-4-6(5-2)7-3/h1-6H;4-5H2,1-3H3. The van der Waals surface area contributed by atoms with Crippen molar-refractivity contribution in [1.29, 1.82) is 0 Å². The fourth-order valence-electron chi connectivity index (χ4n) is 0.792. The summed E-state index contributed by atoms with van der Waals surface area (Å²) in [6.45, 7) is 4.41. The minimum absolute atomic E-state index is 0.819. The van der Waals surface area contributed by atoms with Crippen molar-refractivity contribution in [2.75, 3.05) is 16.0 Å². The maximum atomic E-state index is 5.21. The first kappa shape index (κ1) is 12.9. The predicted octanol–water partition coefficient (Wildman–Crippen LogP) is 3.78. The molecular weight excluding hydrogens is 275 g/mol. The summed E-state index contributed by atoms with van der Waals surface area (Å²) in [5.41, 5.74) is 0. The van der Waals surface area contributed by atoms with Crippen LogP contribution in [-0.2, 0) is 3.07 Å². The molecule has 0 fully saturated rings. The van der Waals surface area contributed by atoms with Crippen LogP contribution in [0.1, 0.15) is 13.8 Å². The zero-order valence-electron chi connectivity index (χ0n) is 8.66. The average molecular weight is 294 g/mol. The van der Waals surface area contributed by atoms with Gasteiger partial charge in [0, 0.05) is 0 Å². The Kier molecular flexibility index (Phi) is 9.92. The molecule has 0 aliphatic carbocycles. The second kappa shape index (κ2) is 9.99. The van der Waals surface area contributed by atoms with E-state index in [2.05, 4.69) is 13.8 Å². The molecule has 0 N–H and O–H groups in total. The van der Waals surface area contributed by atoms with Crippen LogP contribution >= 0.6 is 20.2 Å². The van der Waals surface area contributed by atoms with E-state index in [1.165, 1.54) is 8.86 Å². The van der Waals surface area contributed by atoms with Crippen LogP contribution in [0.25, 0.3) is 0 Å². The Balaban J connectivity index is 0.000000223. The molecule has 1 rings (SSSR count). The van der Waals surface area contributed by atoms with Crippen molar-refractivity contribution >= 4 is 20.2 Å². The van der Waals surface area contributed by atoms with Gasteiger partial charge in [-0.3, -0.25) is 0 Å². The van der Waals surface area contributed by atoms with Gasteiger partial charge in [0.15, 0.2) is 0 Å². The van der Waals surface area contributed by atoms with Crippen LogP contribution in [0.4, 0.5) is 0 Å². The van der Waals surface area contributed by atoms with Crippen LogP contribution in [0, 0.1) is 0 Å². The Labute approximate surface area is 89.4 Å². The first-order valence-electron chi connectivity index (χ1n) is 4.51. The fraction of sp³-hybridized carbons (Fsp3) is 0.455. The van der Waals surface area contributed by atoms with Gasteiger partial charge in [-0.05, 0) is 0 Å². The first-order chi connectivity index (χ1) is 6.35. The van der Waals surface area contributed by atoms with Gasteiger partial charge in [-0.1, -0.05) is 36.4 Å². The molecule has 0 saturated carbocycles. The molecule has 1 nitrogen and oxygen atoms in total. The zero-order valence-corrected chi connectivity index (χ0v) is 10.8. The molecular formula is C11H19IO. The van der Waals surface area contributed by atoms with Crippen molar-refractivity contribution in [2.45, 2.75) is 13.8 Å². The zero-order chi connectivity index (χ0) is 9.94. The van der Waals surface area contributed by atoms with E-state index in [-0.39, 0.29) is 0 Å². The van der Waals surface area contributed by atoms with E-state index in [1.807, 2.05) is 43.5 Å². The number of alkyl halides is 2. The van der Waals surface area contributed by atoms with Crippen molar-refractivity contribution < 1.29 is 3.07 Å². The van der Waals surface area contributed by atoms with E-state index in [0.29, 0.717) is 0 Å². The molecule has 1 aromatic rings. The van der Waals surface area contributed by atoms with Crippen LogP contribution in [-0.4, -0.2) is 16.0 Å². The van der Waals surface area contributed by atoms with E-state index < -0.39 is 20.2 Å². The number of benzene rings is 1. The molecule has 1 aromatic carbocycles. The molecule has 0 saturated heterocycles. The van der Waals surface area contributed by atoms with Crippen molar-refractivity contribution in [3.8, 4) is 0 Å². The van der Waals surface area contributed by atoms with E-state index in [0.717, 1.165) is 0 Å². The van der Waals surface area contributed by atoms with E-state index in [1.54, 1.807) is 0 Å². The third kappa shape index (κ3) is 8.25. The van der Waals surface area contributed by atoms with E-state index in [4.69, 9.17) is 3.07 Å². The molecule has 0 amide bonds. The SMILES string of the molecule is CCI(CC)OC.c1ccccc1. The first-order valence-corrected chi connectivity index (χ1v) is 8.44. The summed E-state index contributed by atoms with van der Waals surface area (Å²) in [6, 6.07) is 12.0. The van der Waals surface area contributed by atoms with Crippen LogP contribution in [0.15, 0.2) is 36.4 Å². The molecule has 76 valence electrons. The summed E-state index contributed by atoms with van der Waals surface area (Å²) in [6.07, 6.45) is 0. The smallest absolute Gasteiger partial charge is 0.0623 e. The topological polar surface area (TPSA) is 9.23 Å². The minimum atomic E-state index is -0.819. The number of hydrogen-bond donors (Lipinski definition) is 0. The molecule has 0 radical (unpaired) electrons. The normalized spacial score (nSPS) is 9.92. The molecule has 0 heterocycles. The Morgan fingerprint density at radius 1 is 0.846 bits per heavy atom. The van der Waals surface area contributed by atoms with E-state index in [9.17, 15) is 0 Å². The Bertz CT molecular complexity index is 140. The Hall–Kier alpha value is -0.0900. The Morgan fingerprint density at radius 3 is 1.23 bits per heavy atom. The molecule has 0 unspecified atom stereocenters. The van der Waals surface area contributed by atoms with Crippen molar-refractivity contribution in [2.24, 2.45) is 0 Å². The third-order valence-electron chi connectivity index (χ3n) is 1.48. The van der Waals surface area contributed by atoms with Gasteiger partial charge < -0.3 is 0 Å². The van der Waals surface area contributed by atoms with Crippen LogP contribution in [0.5, 0.6) is 0 Å². The summed E-state index contributed by atoms with van der Waals surface area (Å²) < 4.78 is 7.78. The van der Waals surface area contributed by atoms with Gasteiger partial charge in [0.1, 0.15) is 0 Å². The summed E-state index contributed by atoms with van der Waals surface area (Å²) in [5.74, 6) is 0. The summed E-state index contributed by atoms with van der Waals surface area (Å²) >= 11 is -0.819. The second-order valence-electron chi connectivity index (χ2n) is 2.25. The molecule has 2 heteroatoms. The van der Waals surface area contributed by atoms with Gasteiger partial charge in [-0.2, -0.15) is 0 Å². The molecule has 0 aliphatic rings. The van der Waals surface area contributed by atoms with E-state index >= 15 is 0 Å². The van der Waals surface area contributed by atoms with Gasteiger partial charge >= 0.3 is 53.1 Å². The van der Waals surface area contributed by atoms with Gasteiger partial charge in [0.25, 0.3) is 0 Å². The summed E-state index contributed by atoms with van der Waals surface area (Å²) in [5, 5.41) is 0. The van der Waals surface area contributed by atoms with Gasteiger partial charge in [0.05, 0.1) is 0 Å². The number of halogens is 1.